The molecule has 4 aliphatic rings. The van der Waals surface area contributed by atoms with Crippen LogP contribution in [-0.2, 0) is 4.79 Å². The molecule has 0 aromatic rings. The summed E-state index contributed by atoms with van der Waals surface area (Å²) in [6.07, 6.45) is 10.2. The summed E-state index contributed by atoms with van der Waals surface area (Å²) in [6.45, 7) is 18.0. The molecule has 7 atom stereocenters. The largest absolute Gasteiger partial charge is 0.481 e. The number of aliphatic hydroxyl groups is 1. The molecule has 0 spiro atoms. The van der Waals surface area contributed by atoms with Crippen molar-refractivity contribution in [3.05, 3.63) is 23.3 Å². The van der Waals surface area contributed by atoms with E-state index in [4.69, 9.17) is 0 Å². The molecular formula is C30H48O3. The SMILES string of the molecule is C=C(CC[C@@H](C(=O)O)[C@H]1CC[C@H]2C3=C(CC[C@]12C)[C@@]1(C)CC[C@H](O)C(C)(C)[C@@H]1CC3)C(C)C. The summed E-state index contributed by atoms with van der Waals surface area (Å²) in [5.74, 6) is 0.925. The third-order valence-corrected chi connectivity index (χ3v) is 11.4. The normalized spacial score (nSPS) is 40.7. The van der Waals surface area contributed by atoms with Gasteiger partial charge in [0.2, 0.25) is 0 Å². The zero-order valence-corrected chi connectivity index (χ0v) is 22.0. The van der Waals surface area contributed by atoms with Crippen molar-refractivity contribution in [1.29, 1.82) is 0 Å². The van der Waals surface area contributed by atoms with Crippen LogP contribution < -0.4 is 0 Å². The molecule has 2 saturated carbocycles. The predicted octanol–water partition coefficient (Wildman–Crippen LogP) is 7.40. The molecule has 4 rings (SSSR count). The molecule has 0 aromatic carbocycles. The summed E-state index contributed by atoms with van der Waals surface area (Å²) in [4.78, 5) is 12.4. The summed E-state index contributed by atoms with van der Waals surface area (Å²) in [5.41, 5.74) is 4.88. The second-order valence-electron chi connectivity index (χ2n) is 13.4. The van der Waals surface area contributed by atoms with Crippen molar-refractivity contribution in [3.63, 3.8) is 0 Å². The molecule has 0 aromatic heterocycles. The Labute approximate surface area is 202 Å². The van der Waals surface area contributed by atoms with E-state index in [0.717, 1.165) is 57.8 Å². The minimum atomic E-state index is -0.600. The quantitative estimate of drug-likeness (QED) is 0.409. The van der Waals surface area contributed by atoms with E-state index in [-0.39, 0.29) is 34.2 Å². The Morgan fingerprint density at radius 2 is 1.76 bits per heavy atom. The monoisotopic (exact) mass is 456 g/mol. The molecule has 3 nitrogen and oxygen atoms in total. The lowest BCUT2D eigenvalue weighted by atomic mass is 9.46. The molecule has 0 amide bonds. The highest BCUT2D eigenvalue weighted by atomic mass is 16.4. The predicted molar refractivity (Wildman–Crippen MR) is 135 cm³/mol. The Balaban J connectivity index is 1.61. The van der Waals surface area contributed by atoms with Crippen molar-refractivity contribution in [3.8, 4) is 0 Å². The average molecular weight is 457 g/mol. The van der Waals surface area contributed by atoms with Gasteiger partial charge in [0.1, 0.15) is 0 Å². The van der Waals surface area contributed by atoms with Crippen LogP contribution in [-0.4, -0.2) is 22.3 Å². The van der Waals surface area contributed by atoms with Gasteiger partial charge in [-0.25, -0.2) is 0 Å². The highest BCUT2D eigenvalue weighted by molar-refractivity contribution is 5.70. The highest BCUT2D eigenvalue weighted by Gasteiger charge is 2.59. The molecule has 186 valence electrons. The fourth-order valence-corrected chi connectivity index (χ4v) is 9.11. The third-order valence-electron chi connectivity index (χ3n) is 11.4. The number of carbonyl (C=O) groups is 1. The Morgan fingerprint density at radius 1 is 1.06 bits per heavy atom. The lowest BCUT2D eigenvalue weighted by Gasteiger charge is -2.60. The van der Waals surface area contributed by atoms with Crippen molar-refractivity contribution < 1.29 is 15.0 Å². The zero-order valence-electron chi connectivity index (χ0n) is 22.0. The van der Waals surface area contributed by atoms with Gasteiger partial charge in [0.05, 0.1) is 12.0 Å². The van der Waals surface area contributed by atoms with Crippen LogP contribution in [0.15, 0.2) is 23.3 Å². The lowest BCUT2D eigenvalue weighted by molar-refractivity contribution is -0.146. The number of hydrogen-bond donors (Lipinski definition) is 2. The molecule has 0 unspecified atom stereocenters. The first-order valence-electron chi connectivity index (χ1n) is 13.6. The molecule has 33 heavy (non-hydrogen) atoms. The van der Waals surface area contributed by atoms with E-state index in [9.17, 15) is 15.0 Å². The Hall–Kier alpha value is -1.09. The molecule has 4 aliphatic carbocycles. The molecule has 0 radical (unpaired) electrons. The first-order chi connectivity index (χ1) is 15.3. The van der Waals surface area contributed by atoms with Gasteiger partial charge >= 0.3 is 5.97 Å². The summed E-state index contributed by atoms with van der Waals surface area (Å²) < 4.78 is 0. The molecule has 0 bridgehead atoms. The number of aliphatic carboxylic acids is 1. The average Bonchev–Trinajstić information content (AvgIpc) is 3.08. The summed E-state index contributed by atoms with van der Waals surface area (Å²) in [5, 5.41) is 21.0. The number of carboxylic acid groups (broad SMARTS) is 1. The van der Waals surface area contributed by atoms with Crippen LogP contribution in [0.1, 0.15) is 106 Å². The summed E-state index contributed by atoms with van der Waals surface area (Å²) in [6, 6.07) is 0. The standard InChI is InChI=1S/C30H48O3/c1-18(2)19(3)8-9-21(27(32)33)23-12-11-22-20-10-13-25-28(4,5)26(31)15-17-30(25,7)24(20)14-16-29(22,23)6/h18,21-23,25-26,31H,3,8-17H2,1-2,4-7H3,(H,32,33)/t21-,22+,23-,25+,26+,29+,30-/m1/s1. The van der Waals surface area contributed by atoms with E-state index in [2.05, 4.69) is 48.1 Å². The van der Waals surface area contributed by atoms with Gasteiger partial charge in [-0.3, -0.25) is 4.79 Å². The zero-order chi connectivity index (χ0) is 24.3. The number of fused-ring (bicyclic) bond motifs is 4. The fraction of sp³-hybridized carbons (Fsp3) is 0.833. The molecule has 2 N–H and O–H groups in total. The Bertz CT molecular complexity index is 835. The Morgan fingerprint density at radius 3 is 2.39 bits per heavy atom. The number of hydrogen-bond acceptors (Lipinski definition) is 2. The second-order valence-corrected chi connectivity index (χ2v) is 13.4. The van der Waals surface area contributed by atoms with Crippen LogP contribution in [0, 0.1) is 45.8 Å². The van der Waals surface area contributed by atoms with Crippen molar-refractivity contribution >= 4 is 5.97 Å². The second kappa shape index (κ2) is 8.54. The van der Waals surface area contributed by atoms with Gasteiger partial charge in [-0.15, -0.1) is 0 Å². The molecule has 0 aliphatic heterocycles. The summed E-state index contributed by atoms with van der Waals surface area (Å²) in [7, 11) is 0. The van der Waals surface area contributed by atoms with Crippen LogP contribution in [0.5, 0.6) is 0 Å². The third kappa shape index (κ3) is 3.85. The van der Waals surface area contributed by atoms with Crippen LogP contribution in [0.2, 0.25) is 0 Å². The molecule has 3 heteroatoms. The molecule has 0 heterocycles. The van der Waals surface area contributed by atoms with Crippen LogP contribution in [0.25, 0.3) is 0 Å². The first kappa shape index (κ1) is 25.0. The minimum Gasteiger partial charge on any atom is -0.481 e. The maximum absolute atomic E-state index is 12.4. The maximum atomic E-state index is 12.4. The summed E-state index contributed by atoms with van der Waals surface area (Å²) >= 11 is 0. The molecular weight excluding hydrogens is 408 g/mol. The number of rotatable bonds is 6. The van der Waals surface area contributed by atoms with Crippen molar-refractivity contribution in [2.75, 3.05) is 0 Å². The van der Waals surface area contributed by atoms with E-state index in [1.54, 1.807) is 11.1 Å². The molecule has 2 fully saturated rings. The van der Waals surface area contributed by atoms with E-state index in [1.807, 2.05) is 0 Å². The van der Waals surface area contributed by atoms with E-state index in [0.29, 0.717) is 17.8 Å². The van der Waals surface area contributed by atoms with Crippen molar-refractivity contribution in [2.24, 2.45) is 45.8 Å². The first-order valence-corrected chi connectivity index (χ1v) is 13.6. The minimum absolute atomic E-state index is 0.0301. The van der Waals surface area contributed by atoms with Crippen LogP contribution in [0.4, 0.5) is 0 Å². The maximum Gasteiger partial charge on any atom is 0.306 e. The van der Waals surface area contributed by atoms with Crippen molar-refractivity contribution in [2.45, 2.75) is 112 Å². The van der Waals surface area contributed by atoms with Gasteiger partial charge in [0.25, 0.3) is 0 Å². The van der Waals surface area contributed by atoms with E-state index >= 15 is 0 Å². The van der Waals surface area contributed by atoms with Gasteiger partial charge in [-0.2, -0.15) is 0 Å². The highest BCUT2D eigenvalue weighted by Crippen LogP contribution is 2.68. The van der Waals surface area contributed by atoms with Gasteiger partial charge in [-0.1, -0.05) is 64.8 Å². The van der Waals surface area contributed by atoms with Gasteiger partial charge in [-0.05, 0) is 104 Å². The van der Waals surface area contributed by atoms with Gasteiger partial charge < -0.3 is 10.2 Å². The topological polar surface area (TPSA) is 57.5 Å². The fourth-order valence-electron chi connectivity index (χ4n) is 9.11. The van der Waals surface area contributed by atoms with Crippen LogP contribution >= 0.6 is 0 Å². The van der Waals surface area contributed by atoms with E-state index in [1.165, 1.54) is 12.0 Å². The van der Waals surface area contributed by atoms with Crippen molar-refractivity contribution in [1.82, 2.24) is 0 Å². The number of allylic oxidation sites excluding steroid dienone is 3. The lowest BCUT2D eigenvalue weighted by Crippen LogP contribution is -2.53. The van der Waals surface area contributed by atoms with E-state index < -0.39 is 5.97 Å². The Kier molecular flexibility index (Phi) is 6.47. The molecule has 0 saturated heterocycles. The number of aliphatic hydroxyl groups excluding tert-OH is 1. The van der Waals surface area contributed by atoms with Gasteiger partial charge in [0, 0.05) is 0 Å². The number of carboxylic acids is 1. The van der Waals surface area contributed by atoms with Gasteiger partial charge in [0.15, 0.2) is 0 Å². The van der Waals surface area contributed by atoms with Crippen LogP contribution in [0.3, 0.4) is 0 Å². The smallest absolute Gasteiger partial charge is 0.306 e.